The van der Waals surface area contributed by atoms with Crippen molar-refractivity contribution in [2.45, 2.75) is 6.54 Å². The van der Waals surface area contributed by atoms with Crippen LogP contribution in [0, 0.1) is 5.82 Å². The second-order valence-corrected chi connectivity index (χ2v) is 4.13. The largest absolute Gasteiger partial charge is 0.492 e. The van der Waals surface area contributed by atoms with Gasteiger partial charge in [-0.05, 0) is 42.0 Å². The topological polar surface area (TPSA) is 47.3 Å². The maximum atomic E-state index is 12.7. The van der Waals surface area contributed by atoms with Gasteiger partial charge >= 0.3 is 0 Å². The van der Waals surface area contributed by atoms with Crippen LogP contribution in [-0.2, 0) is 6.54 Å². The molecule has 0 bridgehead atoms. The fraction of sp³-hybridized carbons (Fsp3) is 0.200. The Morgan fingerprint density at radius 2 is 1.68 bits per heavy atom. The van der Waals surface area contributed by atoms with Crippen molar-refractivity contribution in [3.63, 3.8) is 0 Å². The van der Waals surface area contributed by atoms with Crippen molar-refractivity contribution in [1.82, 2.24) is 0 Å². The highest BCUT2D eigenvalue weighted by molar-refractivity contribution is 5.42. The molecule has 19 heavy (non-hydrogen) atoms. The number of anilines is 1. The molecule has 0 radical (unpaired) electrons. The van der Waals surface area contributed by atoms with Crippen LogP contribution in [0.25, 0.3) is 0 Å². The second-order valence-electron chi connectivity index (χ2n) is 4.13. The molecule has 2 rings (SSSR count). The van der Waals surface area contributed by atoms with Crippen LogP contribution in [0.15, 0.2) is 48.5 Å². The van der Waals surface area contributed by atoms with Crippen molar-refractivity contribution in [3.05, 3.63) is 59.9 Å². The molecular formula is C15H17FN2O. The minimum absolute atomic E-state index is 0.234. The van der Waals surface area contributed by atoms with E-state index in [0.29, 0.717) is 19.7 Å². The summed E-state index contributed by atoms with van der Waals surface area (Å²) >= 11 is 0. The van der Waals surface area contributed by atoms with Gasteiger partial charge in [-0.2, -0.15) is 0 Å². The molecule has 0 aromatic heterocycles. The zero-order chi connectivity index (χ0) is 13.5. The monoisotopic (exact) mass is 260 g/mol. The zero-order valence-corrected chi connectivity index (χ0v) is 10.6. The normalized spacial score (nSPS) is 10.2. The van der Waals surface area contributed by atoms with E-state index in [0.717, 1.165) is 17.0 Å². The molecule has 3 N–H and O–H groups in total. The van der Waals surface area contributed by atoms with Gasteiger partial charge in [-0.1, -0.05) is 12.1 Å². The average Bonchev–Trinajstić information content (AvgIpc) is 2.46. The number of ether oxygens (including phenoxy) is 1. The maximum absolute atomic E-state index is 12.7. The lowest BCUT2D eigenvalue weighted by Crippen LogP contribution is -2.11. The van der Waals surface area contributed by atoms with Crippen LogP contribution in [0.4, 0.5) is 10.1 Å². The van der Waals surface area contributed by atoms with E-state index in [1.807, 2.05) is 24.3 Å². The Labute approximate surface area is 112 Å². The highest BCUT2D eigenvalue weighted by atomic mass is 19.1. The van der Waals surface area contributed by atoms with E-state index in [4.69, 9.17) is 10.5 Å². The molecule has 0 saturated heterocycles. The third-order valence-corrected chi connectivity index (χ3v) is 2.70. The molecule has 0 aliphatic rings. The molecule has 2 aromatic carbocycles. The SMILES string of the molecule is NCc1ccc(OCCNc2ccc(F)cc2)cc1. The van der Waals surface area contributed by atoms with Crippen molar-refractivity contribution in [1.29, 1.82) is 0 Å². The van der Waals surface area contributed by atoms with E-state index in [9.17, 15) is 4.39 Å². The van der Waals surface area contributed by atoms with Crippen LogP contribution in [-0.4, -0.2) is 13.2 Å². The van der Waals surface area contributed by atoms with Crippen molar-refractivity contribution < 1.29 is 9.13 Å². The molecule has 0 saturated carbocycles. The van der Waals surface area contributed by atoms with E-state index < -0.39 is 0 Å². The predicted molar refractivity (Wildman–Crippen MR) is 74.7 cm³/mol. The Bertz CT molecular complexity index is 497. The molecule has 2 aromatic rings. The van der Waals surface area contributed by atoms with Gasteiger partial charge in [-0.15, -0.1) is 0 Å². The summed E-state index contributed by atoms with van der Waals surface area (Å²) in [6, 6.07) is 14.0. The maximum Gasteiger partial charge on any atom is 0.123 e. The standard InChI is InChI=1S/C15H17FN2O/c16-13-3-5-14(6-4-13)18-9-10-19-15-7-1-12(11-17)2-8-15/h1-8,18H,9-11,17H2. The van der Waals surface area contributed by atoms with Crippen LogP contribution >= 0.6 is 0 Å². The Hall–Kier alpha value is -2.07. The number of hydrogen-bond acceptors (Lipinski definition) is 3. The first-order chi connectivity index (χ1) is 9.28. The van der Waals surface area contributed by atoms with Gasteiger partial charge in [0.15, 0.2) is 0 Å². The lowest BCUT2D eigenvalue weighted by Gasteiger charge is -2.09. The van der Waals surface area contributed by atoms with Crippen molar-refractivity contribution >= 4 is 5.69 Å². The number of nitrogens with one attached hydrogen (secondary N) is 1. The first kappa shape index (κ1) is 13.4. The van der Waals surface area contributed by atoms with Gasteiger partial charge in [-0.3, -0.25) is 0 Å². The van der Waals surface area contributed by atoms with Gasteiger partial charge in [0, 0.05) is 18.8 Å². The lowest BCUT2D eigenvalue weighted by atomic mass is 10.2. The summed E-state index contributed by atoms with van der Waals surface area (Å²) < 4.78 is 18.3. The van der Waals surface area contributed by atoms with E-state index in [1.165, 1.54) is 12.1 Å². The van der Waals surface area contributed by atoms with Crippen molar-refractivity contribution in [2.24, 2.45) is 5.73 Å². The number of halogens is 1. The third-order valence-electron chi connectivity index (χ3n) is 2.70. The van der Waals surface area contributed by atoms with Gasteiger partial charge in [0.1, 0.15) is 18.2 Å². The predicted octanol–water partition coefficient (Wildman–Crippen LogP) is 2.78. The Balaban J connectivity index is 1.72. The molecule has 0 fully saturated rings. The summed E-state index contributed by atoms with van der Waals surface area (Å²) in [4.78, 5) is 0. The van der Waals surface area contributed by atoms with Crippen LogP contribution < -0.4 is 15.8 Å². The molecule has 0 atom stereocenters. The average molecular weight is 260 g/mol. The van der Waals surface area contributed by atoms with E-state index in [1.54, 1.807) is 12.1 Å². The Morgan fingerprint density at radius 3 is 2.32 bits per heavy atom. The summed E-state index contributed by atoms with van der Waals surface area (Å²) in [5.74, 6) is 0.583. The molecule has 0 heterocycles. The van der Waals surface area contributed by atoms with Gasteiger partial charge in [-0.25, -0.2) is 4.39 Å². The minimum atomic E-state index is -0.234. The van der Waals surface area contributed by atoms with Crippen LogP contribution in [0.2, 0.25) is 0 Å². The molecule has 4 heteroatoms. The van der Waals surface area contributed by atoms with Crippen molar-refractivity contribution in [3.8, 4) is 5.75 Å². The van der Waals surface area contributed by atoms with Gasteiger partial charge in [0.05, 0.1) is 0 Å². The zero-order valence-electron chi connectivity index (χ0n) is 10.6. The fourth-order valence-electron chi connectivity index (χ4n) is 1.65. The smallest absolute Gasteiger partial charge is 0.123 e. The molecule has 100 valence electrons. The van der Waals surface area contributed by atoms with E-state index in [-0.39, 0.29) is 5.82 Å². The molecule has 0 aliphatic heterocycles. The Morgan fingerprint density at radius 1 is 1.00 bits per heavy atom. The van der Waals surface area contributed by atoms with Crippen LogP contribution in [0.3, 0.4) is 0 Å². The summed E-state index contributed by atoms with van der Waals surface area (Å²) in [7, 11) is 0. The van der Waals surface area contributed by atoms with Crippen LogP contribution in [0.1, 0.15) is 5.56 Å². The fourth-order valence-corrected chi connectivity index (χ4v) is 1.65. The highest BCUT2D eigenvalue weighted by Crippen LogP contribution is 2.12. The summed E-state index contributed by atoms with van der Waals surface area (Å²) in [6.45, 7) is 1.73. The summed E-state index contributed by atoms with van der Waals surface area (Å²) in [6.07, 6.45) is 0. The molecular weight excluding hydrogens is 243 g/mol. The Kier molecular flexibility index (Phi) is 4.75. The van der Waals surface area contributed by atoms with Crippen molar-refractivity contribution in [2.75, 3.05) is 18.5 Å². The molecule has 0 amide bonds. The van der Waals surface area contributed by atoms with Gasteiger partial charge < -0.3 is 15.8 Å². The first-order valence-electron chi connectivity index (χ1n) is 6.19. The highest BCUT2D eigenvalue weighted by Gasteiger charge is 1.95. The minimum Gasteiger partial charge on any atom is -0.492 e. The molecule has 0 unspecified atom stereocenters. The second kappa shape index (κ2) is 6.75. The summed E-state index contributed by atoms with van der Waals surface area (Å²) in [5.41, 5.74) is 7.48. The van der Waals surface area contributed by atoms with Gasteiger partial charge in [0.2, 0.25) is 0 Å². The lowest BCUT2D eigenvalue weighted by molar-refractivity contribution is 0.333. The summed E-state index contributed by atoms with van der Waals surface area (Å²) in [5, 5.41) is 3.15. The van der Waals surface area contributed by atoms with E-state index in [2.05, 4.69) is 5.32 Å². The van der Waals surface area contributed by atoms with E-state index >= 15 is 0 Å². The number of nitrogens with two attached hydrogens (primary N) is 1. The quantitative estimate of drug-likeness (QED) is 0.785. The number of hydrogen-bond donors (Lipinski definition) is 2. The molecule has 3 nitrogen and oxygen atoms in total. The van der Waals surface area contributed by atoms with Gasteiger partial charge in [0.25, 0.3) is 0 Å². The number of rotatable bonds is 6. The van der Waals surface area contributed by atoms with Crippen LogP contribution in [0.5, 0.6) is 5.75 Å². The number of benzene rings is 2. The first-order valence-corrected chi connectivity index (χ1v) is 6.19. The third kappa shape index (κ3) is 4.26. The molecule has 0 aliphatic carbocycles. The molecule has 0 spiro atoms.